The lowest BCUT2D eigenvalue weighted by atomic mass is 10.2. The van der Waals surface area contributed by atoms with Gasteiger partial charge < -0.3 is 10.4 Å². The normalized spacial score (nSPS) is 12.6. The van der Waals surface area contributed by atoms with Crippen LogP contribution in [-0.4, -0.2) is 42.2 Å². The molecule has 1 aromatic carbocycles. The van der Waals surface area contributed by atoms with Gasteiger partial charge in [-0.1, -0.05) is 0 Å². The zero-order valence-electron chi connectivity index (χ0n) is 10.6. The van der Waals surface area contributed by atoms with E-state index >= 15 is 0 Å². The summed E-state index contributed by atoms with van der Waals surface area (Å²) in [6.07, 6.45) is -0.613. The van der Waals surface area contributed by atoms with Crippen LogP contribution in [0.1, 0.15) is 6.92 Å². The Bertz CT molecular complexity index is 467. The molecule has 0 aliphatic heterocycles. The van der Waals surface area contributed by atoms with E-state index in [0.717, 1.165) is 12.1 Å². The SMILES string of the molecule is CC(O)CN(C)CC(=O)Nc1ccc(F)c(F)c1F. The molecular weight excluding hydrogens is 261 g/mol. The number of anilines is 1. The van der Waals surface area contributed by atoms with Gasteiger partial charge in [0.25, 0.3) is 0 Å². The highest BCUT2D eigenvalue weighted by Crippen LogP contribution is 2.19. The van der Waals surface area contributed by atoms with Crippen molar-refractivity contribution in [2.45, 2.75) is 13.0 Å². The summed E-state index contributed by atoms with van der Waals surface area (Å²) in [7, 11) is 1.59. The maximum atomic E-state index is 13.3. The van der Waals surface area contributed by atoms with Crippen molar-refractivity contribution in [3.05, 3.63) is 29.6 Å². The van der Waals surface area contributed by atoms with Crippen LogP contribution in [0, 0.1) is 17.5 Å². The van der Waals surface area contributed by atoms with Gasteiger partial charge in [0, 0.05) is 6.54 Å². The Balaban J connectivity index is 2.65. The molecule has 0 aromatic heterocycles. The van der Waals surface area contributed by atoms with Gasteiger partial charge in [-0.15, -0.1) is 0 Å². The molecular formula is C12H15F3N2O2. The van der Waals surface area contributed by atoms with E-state index in [2.05, 4.69) is 5.32 Å². The number of benzene rings is 1. The molecule has 106 valence electrons. The Labute approximate surface area is 108 Å². The first-order valence-corrected chi connectivity index (χ1v) is 5.61. The number of rotatable bonds is 5. The van der Waals surface area contributed by atoms with E-state index in [9.17, 15) is 18.0 Å². The molecule has 0 aliphatic carbocycles. The highest BCUT2D eigenvalue weighted by Gasteiger charge is 2.16. The number of carbonyl (C=O) groups excluding carboxylic acids is 1. The van der Waals surface area contributed by atoms with Crippen LogP contribution in [0.25, 0.3) is 0 Å². The lowest BCUT2D eigenvalue weighted by Gasteiger charge is -2.17. The van der Waals surface area contributed by atoms with Gasteiger partial charge in [0.2, 0.25) is 5.91 Å². The van der Waals surface area contributed by atoms with Crippen LogP contribution in [0.3, 0.4) is 0 Å². The number of nitrogens with zero attached hydrogens (tertiary/aromatic N) is 1. The minimum atomic E-state index is -1.63. The van der Waals surface area contributed by atoms with Gasteiger partial charge >= 0.3 is 0 Å². The largest absolute Gasteiger partial charge is 0.392 e. The molecule has 0 bridgehead atoms. The van der Waals surface area contributed by atoms with Gasteiger partial charge in [-0.05, 0) is 26.1 Å². The molecule has 0 heterocycles. The van der Waals surface area contributed by atoms with E-state index in [-0.39, 0.29) is 13.1 Å². The zero-order chi connectivity index (χ0) is 14.6. The molecule has 0 saturated carbocycles. The van der Waals surface area contributed by atoms with Crippen molar-refractivity contribution in [1.29, 1.82) is 0 Å². The molecule has 0 fully saturated rings. The molecule has 2 N–H and O–H groups in total. The third-order valence-corrected chi connectivity index (χ3v) is 2.30. The van der Waals surface area contributed by atoms with Crippen molar-refractivity contribution in [1.82, 2.24) is 4.90 Å². The predicted octanol–water partition coefficient (Wildman–Crippen LogP) is 1.35. The number of hydrogen-bond donors (Lipinski definition) is 2. The molecule has 1 rings (SSSR count). The van der Waals surface area contributed by atoms with Crippen molar-refractivity contribution >= 4 is 11.6 Å². The lowest BCUT2D eigenvalue weighted by molar-refractivity contribution is -0.117. The van der Waals surface area contributed by atoms with Crippen molar-refractivity contribution < 1.29 is 23.1 Å². The summed E-state index contributed by atoms with van der Waals surface area (Å²) in [5, 5.41) is 11.3. The van der Waals surface area contributed by atoms with Crippen LogP contribution in [0.15, 0.2) is 12.1 Å². The van der Waals surface area contributed by atoms with Gasteiger partial charge in [-0.3, -0.25) is 9.69 Å². The Morgan fingerprint density at radius 1 is 1.37 bits per heavy atom. The Morgan fingerprint density at radius 3 is 2.58 bits per heavy atom. The van der Waals surface area contributed by atoms with Crippen LogP contribution in [0.5, 0.6) is 0 Å². The number of likely N-dealkylation sites (N-methyl/N-ethyl adjacent to an activating group) is 1. The number of hydrogen-bond acceptors (Lipinski definition) is 3. The Kier molecular flexibility index (Phi) is 5.31. The fourth-order valence-corrected chi connectivity index (χ4v) is 1.57. The Morgan fingerprint density at radius 2 is 2.00 bits per heavy atom. The summed E-state index contributed by atoms with van der Waals surface area (Å²) in [5.74, 6) is -4.98. The summed E-state index contributed by atoms with van der Waals surface area (Å²) in [4.78, 5) is 13.0. The van der Waals surface area contributed by atoms with Crippen molar-refractivity contribution in [2.75, 3.05) is 25.5 Å². The first-order chi connectivity index (χ1) is 8.81. The first-order valence-electron chi connectivity index (χ1n) is 5.61. The minimum absolute atomic E-state index is 0.108. The molecule has 1 amide bonds. The van der Waals surface area contributed by atoms with Gasteiger partial charge in [0.05, 0.1) is 18.3 Å². The number of amides is 1. The lowest BCUT2D eigenvalue weighted by Crippen LogP contribution is -2.34. The molecule has 7 heteroatoms. The average Bonchev–Trinajstić information content (AvgIpc) is 2.28. The second-order valence-electron chi connectivity index (χ2n) is 4.32. The molecule has 0 spiro atoms. The average molecular weight is 276 g/mol. The number of nitrogens with one attached hydrogen (secondary N) is 1. The molecule has 19 heavy (non-hydrogen) atoms. The fourth-order valence-electron chi connectivity index (χ4n) is 1.57. The molecule has 0 radical (unpaired) electrons. The molecule has 1 atom stereocenters. The van der Waals surface area contributed by atoms with Gasteiger partial charge in [0.1, 0.15) is 0 Å². The van der Waals surface area contributed by atoms with E-state index in [1.54, 1.807) is 14.0 Å². The van der Waals surface area contributed by atoms with Crippen LogP contribution in [0.2, 0.25) is 0 Å². The molecule has 1 aromatic rings. The Hall–Kier alpha value is -1.60. The van der Waals surface area contributed by atoms with E-state index in [1.165, 1.54) is 4.90 Å². The monoisotopic (exact) mass is 276 g/mol. The highest BCUT2D eigenvalue weighted by atomic mass is 19.2. The molecule has 0 saturated heterocycles. The summed E-state index contributed by atoms with van der Waals surface area (Å²) in [6, 6.07) is 1.67. The number of carbonyl (C=O) groups is 1. The van der Waals surface area contributed by atoms with E-state index < -0.39 is 35.2 Å². The summed E-state index contributed by atoms with van der Waals surface area (Å²) in [6.45, 7) is 1.71. The zero-order valence-corrected chi connectivity index (χ0v) is 10.6. The standard InChI is InChI=1S/C12H15F3N2O2/c1-7(18)5-17(2)6-10(19)16-9-4-3-8(13)11(14)12(9)15/h3-4,7,18H,5-6H2,1-2H3,(H,16,19). The smallest absolute Gasteiger partial charge is 0.238 e. The topological polar surface area (TPSA) is 52.6 Å². The van der Waals surface area contributed by atoms with Gasteiger partial charge in [-0.25, -0.2) is 13.2 Å². The van der Waals surface area contributed by atoms with Crippen LogP contribution >= 0.6 is 0 Å². The summed E-state index contributed by atoms with van der Waals surface area (Å²) in [5.41, 5.74) is -0.422. The van der Waals surface area contributed by atoms with E-state index in [4.69, 9.17) is 5.11 Å². The minimum Gasteiger partial charge on any atom is -0.392 e. The van der Waals surface area contributed by atoms with E-state index in [0.29, 0.717) is 0 Å². The fraction of sp³-hybridized carbons (Fsp3) is 0.417. The third kappa shape index (κ3) is 4.53. The van der Waals surface area contributed by atoms with Gasteiger partial charge in [-0.2, -0.15) is 0 Å². The molecule has 4 nitrogen and oxygen atoms in total. The third-order valence-electron chi connectivity index (χ3n) is 2.30. The van der Waals surface area contributed by atoms with Crippen molar-refractivity contribution in [2.24, 2.45) is 0 Å². The maximum absolute atomic E-state index is 13.3. The second-order valence-corrected chi connectivity index (χ2v) is 4.32. The van der Waals surface area contributed by atoms with Crippen LogP contribution in [-0.2, 0) is 4.79 Å². The quantitative estimate of drug-likeness (QED) is 0.798. The van der Waals surface area contributed by atoms with Crippen LogP contribution in [0.4, 0.5) is 18.9 Å². The number of aliphatic hydroxyl groups is 1. The van der Waals surface area contributed by atoms with E-state index in [1.807, 2.05) is 0 Å². The number of aliphatic hydroxyl groups excluding tert-OH is 1. The van der Waals surface area contributed by atoms with Crippen molar-refractivity contribution in [3.63, 3.8) is 0 Å². The second kappa shape index (κ2) is 6.53. The summed E-state index contributed by atoms with van der Waals surface area (Å²) < 4.78 is 38.9. The first kappa shape index (κ1) is 15.5. The highest BCUT2D eigenvalue weighted by molar-refractivity contribution is 5.92. The maximum Gasteiger partial charge on any atom is 0.238 e. The molecule has 0 aliphatic rings. The summed E-state index contributed by atoms with van der Waals surface area (Å²) >= 11 is 0. The van der Waals surface area contributed by atoms with Gasteiger partial charge in [0.15, 0.2) is 17.5 Å². The molecule has 1 unspecified atom stereocenters. The van der Waals surface area contributed by atoms with Crippen LogP contribution < -0.4 is 5.32 Å². The van der Waals surface area contributed by atoms with Crippen molar-refractivity contribution in [3.8, 4) is 0 Å². The number of halogens is 3. The predicted molar refractivity (Wildman–Crippen MR) is 64.1 cm³/mol.